The Bertz CT molecular complexity index is 268. The number of hydrogen-bond donors (Lipinski definition) is 1. The second kappa shape index (κ2) is 4.58. The summed E-state index contributed by atoms with van der Waals surface area (Å²) in [4.78, 5) is 1.37. The van der Waals surface area contributed by atoms with Crippen molar-refractivity contribution >= 4 is 27.3 Å². The molecule has 1 rings (SSSR count). The van der Waals surface area contributed by atoms with E-state index in [2.05, 4.69) is 41.2 Å². The van der Waals surface area contributed by atoms with E-state index in [0.717, 1.165) is 19.3 Å². The first-order valence-electron chi connectivity index (χ1n) is 4.55. The summed E-state index contributed by atoms with van der Waals surface area (Å²) in [6.45, 7) is 4.31. The van der Waals surface area contributed by atoms with Gasteiger partial charge in [0.25, 0.3) is 0 Å². The highest BCUT2D eigenvalue weighted by atomic mass is 79.9. The van der Waals surface area contributed by atoms with Crippen LogP contribution >= 0.6 is 27.3 Å². The SMILES string of the molecule is CCCC(C)(N)Cc1cc(Br)cs1. The molecule has 0 aliphatic heterocycles. The molecule has 0 saturated heterocycles. The van der Waals surface area contributed by atoms with Gasteiger partial charge in [-0.3, -0.25) is 0 Å². The first kappa shape index (κ1) is 11.2. The second-order valence-electron chi connectivity index (χ2n) is 3.81. The van der Waals surface area contributed by atoms with Crippen molar-refractivity contribution < 1.29 is 0 Å². The quantitative estimate of drug-likeness (QED) is 0.882. The summed E-state index contributed by atoms with van der Waals surface area (Å²) in [6.07, 6.45) is 3.22. The molecule has 0 spiro atoms. The molecule has 2 N–H and O–H groups in total. The van der Waals surface area contributed by atoms with Crippen LogP contribution in [0.1, 0.15) is 31.6 Å². The Labute approximate surface area is 92.5 Å². The van der Waals surface area contributed by atoms with E-state index < -0.39 is 0 Å². The molecule has 74 valence electrons. The standard InChI is InChI=1S/C10H16BrNS/c1-3-4-10(2,12)6-9-5-8(11)7-13-9/h5,7H,3-4,6,12H2,1-2H3. The molecule has 0 aromatic carbocycles. The van der Waals surface area contributed by atoms with Crippen molar-refractivity contribution in [3.8, 4) is 0 Å². The summed E-state index contributed by atoms with van der Waals surface area (Å²) in [5.41, 5.74) is 6.12. The first-order chi connectivity index (χ1) is 6.03. The van der Waals surface area contributed by atoms with Crippen molar-refractivity contribution in [2.75, 3.05) is 0 Å². The van der Waals surface area contributed by atoms with Crippen LogP contribution in [0.25, 0.3) is 0 Å². The molecule has 0 fully saturated rings. The van der Waals surface area contributed by atoms with Gasteiger partial charge in [0, 0.05) is 20.3 Å². The fraction of sp³-hybridized carbons (Fsp3) is 0.600. The van der Waals surface area contributed by atoms with E-state index in [-0.39, 0.29) is 5.54 Å². The lowest BCUT2D eigenvalue weighted by Gasteiger charge is -2.22. The van der Waals surface area contributed by atoms with Crippen LogP contribution in [-0.4, -0.2) is 5.54 Å². The maximum absolute atomic E-state index is 6.16. The fourth-order valence-corrected chi connectivity index (χ4v) is 3.15. The van der Waals surface area contributed by atoms with Gasteiger partial charge in [0.2, 0.25) is 0 Å². The van der Waals surface area contributed by atoms with Crippen molar-refractivity contribution in [1.29, 1.82) is 0 Å². The molecule has 1 unspecified atom stereocenters. The van der Waals surface area contributed by atoms with E-state index in [1.807, 2.05) is 0 Å². The number of thiophene rings is 1. The van der Waals surface area contributed by atoms with Crippen molar-refractivity contribution in [2.24, 2.45) is 5.73 Å². The van der Waals surface area contributed by atoms with Crippen LogP contribution < -0.4 is 5.73 Å². The van der Waals surface area contributed by atoms with E-state index in [4.69, 9.17) is 5.73 Å². The fourth-order valence-electron chi connectivity index (χ4n) is 1.50. The maximum Gasteiger partial charge on any atom is 0.0285 e. The van der Waals surface area contributed by atoms with E-state index in [0.29, 0.717) is 0 Å². The lowest BCUT2D eigenvalue weighted by Crippen LogP contribution is -2.37. The van der Waals surface area contributed by atoms with E-state index in [1.165, 1.54) is 9.35 Å². The van der Waals surface area contributed by atoms with Crippen LogP contribution in [0.5, 0.6) is 0 Å². The van der Waals surface area contributed by atoms with Gasteiger partial charge in [0.15, 0.2) is 0 Å². The number of nitrogens with two attached hydrogens (primary N) is 1. The molecule has 1 aromatic rings. The Morgan fingerprint density at radius 3 is 2.77 bits per heavy atom. The Kier molecular flexibility index (Phi) is 3.95. The highest BCUT2D eigenvalue weighted by molar-refractivity contribution is 9.10. The molecule has 1 nitrogen and oxygen atoms in total. The highest BCUT2D eigenvalue weighted by Crippen LogP contribution is 2.24. The molecule has 1 atom stereocenters. The lowest BCUT2D eigenvalue weighted by atomic mass is 9.93. The van der Waals surface area contributed by atoms with Crippen LogP contribution in [0.2, 0.25) is 0 Å². The monoisotopic (exact) mass is 261 g/mol. The van der Waals surface area contributed by atoms with Gasteiger partial charge in [0.1, 0.15) is 0 Å². The van der Waals surface area contributed by atoms with Crippen LogP contribution in [-0.2, 0) is 6.42 Å². The van der Waals surface area contributed by atoms with Gasteiger partial charge in [-0.05, 0) is 41.8 Å². The average Bonchev–Trinajstić information content (AvgIpc) is 2.34. The highest BCUT2D eigenvalue weighted by Gasteiger charge is 2.18. The second-order valence-corrected chi connectivity index (χ2v) is 5.72. The summed E-state index contributed by atoms with van der Waals surface area (Å²) in [7, 11) is 0. The Balaban J connectivity index is 2.57. The third-order valence-electron chi connectivity index (χ3n) is 2.02. The molecule has 0 bridgehead atoms. The minimum atomic E-state index is -0.0426. The predicted molar refractivity (Wildman–Crippen MR) is 63.2 cm³/mol. The van der Waals surface area contributed by atoms with Gasteiger partial charge in [-0.25, -0.2) is 0 Å². The predicted octanol–water partition coefficient (Wildman–Crippen LogP) is 3.57. The number of halogens is 1. The largest absolute Gasteiger partial charge is 0.325 e. The zero-order valence-electron chi connectivity index (χ0n) is 8.14. The zero-order valence-corrected chi connectivity index (χ0v) is 10.5. The molecular formula is C10H16BrNS. The molecular weight excluding hydrogens is 246 g/mol. The van der Waals surface area contributed by atoms with E-state index >= 15 is 0 Å². The van der Waals surface area contributed by atoms with Gasteiger partial charge < -0.3 is 5.73 Å². The van der Waals surface area contributed by atoms with Gasteiger partial charge >= 0.3 is 0 Å². The van der Waals surface area contributed by atoms with Crippen LogP contribution in [0.3, 0.4) is 0 Å². The Hall–Kier alpha value is 0.140. The molecule has 0 amide bonds. The molecule has 1 heterocycles. The van der Waals surface area contributed by atoms with E-state index in [1.54, 1.807) is 11.3 Å². The summed E-state index contributed by atoms with van der Waals surface area (Å²) in [5, 5.41) is 2.11. The Morgan fingerprint density at radius 1 is 1.62 bits per heavy atom. The summed E-state index contributed by atoms with van der Waals surface area (Å²) >= 11 is 5.22. The molecule has 0 aliphatic carbocycles. The topological polar surface area (TPSA) is 26.0 Å². The summed E-state index contributed by atoms with van der Waals surface area (Å²) in [5.74, 6) is 0. The molecule has 1 aromatic heterocycles. The lowest BCUT2D eigenvalue weighted by molar-refractivity contribution is 0.427. The minimum Gasteiger partial charge on any atom is -0.325 e. The normalized spacial score (nSPS) is 15.7. The van der Waals surface area contributed by atoms with Crippen molar-refractivity contribution in [3.05, 3.63) is 20.8 Å². The molecule has 0 aliphatic rings. The van der Waals surface area contributed by atoms with Gasteiger partial charge in [-0.2, -0.15) is 0 Å². The first-order valence-corrected chi connectivity index (χ1v) is 6.22. The number of hydrogen-bond acceptors (Lipinski definition) is 2. The Morgan fingerprint density at radius 2 is 2.31 bits per heavy atom. The molecule has 13 heavy (non-hydrogen) atoms. The van der Waals surface area contributed by atoms with Crippen molar-refractivity contribution in [2.45, 2.75) is 38.6 Å². The van der Waals surface area contributed by atoms with Crippen LogP contribution in [0, 0.1) is 0 Å². The minimum absolute atomic E-state index is 0.0426. The average molecular weight is 262 g/mol. The van der Waals surface area contributed by atoms with Gasteiger partial charge in [0.05, 0.1) is 0 Å². The van der Waals surface area contributed by atoms with Crippen molar-refractivity contribution in [3.63, 3.8) is 0 Å². The summed E-state index contributed by atoms with van der Waals surface area (Å²) in [6, 6.07) is 2.16. The van der Waals surface area contributed by atoms with Crippen LogP contribution in [0.4, 0.5) is 0 Å². The molecule has 0 saturated carbocycles. The van der Waals surface area contributed by atoms with E-state index in [9.17, 15) is 0 Å². The molecule has 3 heteroatoms. The summed E-state index contributed by atoms with van der Waals surface area (Å²) < 4.78 is 1.17. The third kappa shape index (κ3) is 3.79. The smallest absolute Gasteiger partial charge is 0.0285 e. The number of rotatable bonds is 4. The maximum atomic E-state index is 6.16. The van der Waals surface area contributed by atoms with Gasteiger partial charge in [-0.15, -0.1) is 11.3 Å². The molecule has 0 radical (unpaired) electrons. The van der Waals surface area contributed by atoms with Crippen molar-refractivity contribution in [1.82, 2.24) is 0 Å². The van der Waals surface area contributed by atoms with Crippen LogP contribution in [0.15, 0.2) is 15.9 Å². The third-order valence-corrected chi connectivity index (χ3v) is 3.72. The van der Waals surface area contributed by atoms with Gasteiger partial charge in [-0.1, -0.05) is 13.3 Å². The zero-order chi connectivity index (χ0) is 9.90.